The number of aromatic amines is 1. The molecule has 0 spiro atoms. The van der Waals surface area contributed by atoms with E-state index >= 15 is 0 Å². The molecule has 3 aromatic rings. The van der Waals surface area contributed by atoms with Crippen molar-refractivity contribution >= 4 is 22.6 Å². The summed E-state index contributed by atoms with van der Waals surface area (Å²) in [4.78, 5) is 19.5. The second kappa shape index (κ2) is 7.15. The van der Waals surface area contributed by atoms with Gasteiger partial charge in [0.25, 0.3) is 5.91 Å². The number of carbonyl (C=O) groups excluding carboxylic acids is 1. The zero-order valence-corrected chi connectivity index (χ0v) is 16.2. The molecule has 0 atom stereocenters. The monoisotopic (exact) mass is 366 g/mol. The summed E-state index contributed by atoms with van der Waals surface area (Å²) < 4.78 is 2.24. The molecule has 7 heteroatoms. The summed E-state index contributed by atoms with van der Waals surface area (Å²) in [6, 6.07) is 5.92. The Hall–Kier alpha value is -2.67. The van der Waals surface area contributed by atoms with Crippen LogP contribution in [0, 0.1) is 6.92 Å². The molecule has 2 heterocycles. The Morgan fingerprint density at radius 2 is 2.19 bits per heavy atom. The van der Waals surface area contributed by atoms with Gasteiger partial charge in [0.1, 0.15) is 5.82 Å². The third-order valence-electron chi connectivity index (χ3n) is 5.21. The minimum atomic E-state index is -0.157. The summed E-state index contributed by atoms with van der Waals surface area (Å²) in [5.74, 6) is 0.841. The van der Waals surface area contributed by atoms with E-state index in [2.05, 4.69) is 44.1 Å². The van der Waals surface area contributed by atoms with Gasteiger partial charge in [0.05, 0.1) is 11.0 Å². The Morgan fingerprint density at radius 3 is 3.00 bits per heavy atom. The highest BCUT2D eigenvalue weighted by Crippen LogP contribution is 2.25. The van der Waals surface area contributed by atoms with E-state index in [-0.39, 0.29) is 5.91 Å². The molecule has 1 aliphatic carbocycles. The molecular formula is C20H26N6O. The summed E-state index contributed by atoms with van der Waals surface area (Å²) in [7, 11) is 4.17. The van der Waals surface area contributed by atoms with E-state index in [4.69, 9.17) is 0 Å². The highest BCUT2D eigenvalue weighted by molar-refractivity contribution is 6.04. The van der Waals surface area contributed by atoms with Crippen molar-refractivity contribution in [2.24, 2.45) is 0 Å². The van der Waals surface area contributed by atoms with Gasteiger partial charge < -0.3 is 14.8 Å². The van der Waals surface area contributed by atoms with Crippen molar-refractivity contribution in [3.05, 3.63) is 41.0 Å². The van der Waals surface area contributed by atoms with Gasteiger partial charge in [0.2, 0.25) is 0 Å². The molecule has 0 saturated carbocycles. The Kier molecular flexibility index (Phi) is 4.70. The van der Waals surface area contributed by atoms with Gasteiger partial charge in [-0.25, -0.2) is 4.98 Å². The molecular weight excluding hydrogens is 340 g/mol. The van der Waals surface area contributed by atoms with Crippen LogP contribution in [0.1, 0.15) is 40.4 Å². The average Bonchev–Trinajstić information content (AvgIpc) is 3.29. The Balaban J connectivity index is 1.52. The lowest BCUT2D eigenvalue weighted by atomic mass is 10.2. The molecule has 4 rings (SSSR count). The highest BCUT2D eigenvalue weighted by Gasteiger charge is 2.23. The van der Waals surface area contributed by atoms with E-state index in [9.17, 15) is 4.79 Å². The number of fused-ring (bicyclic) bond motifs is 2. The van der Waals surface area contributed by atoms with Gasteiger partial charge in [0.15, 0.2) is 5.69 Å². The first-order valence-electron chi connectivity index (χ1n) is 9.52. The van der Waals surface area contributed by atoms with Crippen LogP contribution in [0.25, 0.3) is 11.0 Å². The zero-order valence-electron chi connectivity index (χ0n) is 16.2. The molecule has 1 amide bonds. The molecule has 1 aliphatic rings. The van der Waals surface area contributed by atoms with Gasteiger partial charge in [-0.05, 0) is 71.4 Å². The topological polar surface area (TPSA) is 78.8 Å². The summed E-state index contributed by atoms with van der Waals surface area (Å²) in [5.41, 5.74) is 5.44. The van der Waals surface area contributed by atoms with Crippen LogP contribution >= 0.6 is 0 Å². The third kappa shape index (κ3) is 3.47. The molecule has 142 valence electrons. The zero-order chi connectivity index (χ0) is 19.0. The van der Waals surface area contributed by atoms with Crippen LogP contribution < -0.4 is 5.32 Å². The van der Waals surface area contributed by atoms with Crippen molar-refractivity contribution in [3.63, 3.8) is 0 Å². The molecule has 27 heavy (non-hydrogen) atoms. The summed E-state index contributed by atoms with van der Waals surface area (Å²) in [6.45, 7) is 4.01. The van der Waals surface area contributed by atoms with Gasteiger partial charge >= 0.3 is 0 Å². The first-order chi connectivity index (χ1) is 13.0. The van der Waals surface area contributed by atoms with E-state index in [1.165, 1.54) is 0 Å². The highest BCUT2D eigenvalue weighted by atomic mass is 16.1. The number of aryl methyl sites for hydroxylation is 3. The van der Waals surface area contributed by atoms with Crippen molar-refractivity contribution in [2.45, 2.75) is 39.2 Å². The van der Waals surface area contributed by atoms with Gasteiger partial charge in [-0.3, -0.25) is 9.89 Å². The lowest BCUT2D eigenvalue weighted by molar-refractivity contribution is 0.102. The summed E-state index contributed by atoms with van der Waals surface area (Å²) >= 11 is 0. The normalized spacial score (nSPS) is 13.5. The molecule has 0 bridgehead atoms. The summed E-state index contributed by atoms with van der Waals surface area (Å²) in [6.07, 6.45) is 4.05. The van der Waals surface area contributed by atoms with Crippen molar-refractivity contribution < 1.29 is 4.79 Å². The number of H-pyrrole nitrogens is 1. The fourth-order valence-corrected chi connectivity index (χ4v) is 3.85. The summed E-state index contributed by atoms with van der Waals surface area (Å²) in [5, 5.41) is 10.2. The van der Waals surface area contributed by atoms with Crippen LogP contribution in [-0.2, 0) is 19.4 Å². The average molecular weight is 366 g/mol. The van der Waals surface area contributed by atoms with Gasteiger partial charge in [-0.2, -0.15) is 5.10 Å². The smallest absolute Gasteiger partial charge is 0.276 e. The number of rotatable bonds is 6. The van der Waals surface area contributed by atoms with E-state index < -0.39 is 0 Å². The minimum absolute atomic E-state index is 0.157. The molecule has 0 aliphatic heterocycles. The van der Waals surface area contributed by atoms with Gasteiger partial charge in [-0.15, -0.1) is 0 Å². The molecule has 2 N–H and O–H groups in total. The van der Waals surface area contributed by atoms with E-state index in [0.29, 0.717) is 5.69 Å². The number of benzene rings is 1. The maximum Gasteiger partial charge on any atom is 0.276 e. The molecule has 0 saturated heterocycles. The van der Waals surface area contributed by atoms with Gasteiger partial charge in [0, 0.05) is 23.5 Å². The number of amides is 1. The van der Waals surface area contributed by atoms with Crippen LogP contribution in [0.5, 0.6) is 0 Å². The largest absolute Gasteiger partial charge is 0.328 e. The van der Waals surface area contributed by atoms with Crippen LogP contribution in [0.2, 0.25) is 0 Å². The number of nitrogens with one attached hydrogen (secondary N) is 2. The first kappa shape index (κ1) is 17.7. The fourth-order valence-electron chi connectivity index (χ4n) is 3.85. The Labute approximate surface area is 158 Å². The first-order valence-corrected chi connectivity index (χ1v) is 9.52. The second-order valence-corrected chi connectivity index (χ2v) is 7.51. The van der Waals surface area contributed by atoms with Crippen LogP contribution in [-0.4, -0.2) is 51.2 Å². The third-order valence-corrected chi connectivity index (χ3v) is 5.21. The minimum Gasteiger partial charge on any atom is -0.328 e. The number of nitrogens with zero attached hydrogens (tertiary/aromatic N) is 4. The number of anilines is 1. The van der Waals surface area contributed by atoms with Crippen molar-refractivity contribution in [2.75, 3.05) is 26.0 Å². The second-order valence-electron chi connectivity index (χ2n) is 7.51. The number of hydrogen-bond acceptors (Lipinski definition) is 4. The number of carbonyl (C=O) groups is 1. The number of aromatic nitrogens is 4. The molecule has 7 nitrogen and oxygen atoms in total. The fraction of sp³-hybridized carbons (Fsp3) is 0.450. The van der Waals surface area contributed by atoms with Crippen LogP contribution in [0.15, 0.2) is 18.2 Å². The van der Waals surface area contributed by atoms with E-state index in [1.54, 1.807) is 0 Å². The Morgan fingerprint density at radius 1 is 1.33 bits per heavy atom. The SMILES string of the molecule is Cc1nc2cc(NC(=O)c3n[nH]c4c3CCC4)ccc2n1CCCN(C)C. The molecule has 1 aromatic carbocycles. The Bertz CT molecular complexity index is 984. The van der Waals surface area contributed by atoms with E-state index in [0.717, 1.165) is 72.6 Å². The van der Waals surface area contributed by atoms with E-state index in [1.807, 2.05) is 25.1 Å². The number of imidazole rings is 1. The van der Waals surface area contributed by atoms with Crippen LogP contribution in [0.4, 0.5) is 5.69 Å². The predicted molar refractivity (Wildman–Crippen MR) is 106 cm³/mol. The standard InChI is InChI=1S/C20H26N6O/c1-13-21-17-12-14(8-9-18(17)26(13)11-5-10-25(2)3)22-20(27)19-15-6-4-7-16(15)23-24-19/h8-9,12H,4-7,10-11H2,1-3H3,(H,22,27)(H,23,24). The van der Waals surface area contributed by atoms with Gasteiger partial charge in [-0.1, -0.05) is 0 Å². The lowest BCUT2D eigenvalue weighted by Crippen LogP contribution is -2.15. The molecule has 0 fully saturated rings. The van der Waals surface area contributed by atoms with Crippen molar-refractivity contribution in [3.8, 4) is 0 Å². The van der Waals surface area contributed by atoms with Crippen molar-refractivity contribution in [1.82, 2.24) is 24.6 Å². The maximum atomic E-state index is 12.6. The quantitative estimate of drug-likeness (QED) is 0.703. The number of hydrogen-bond donors (Lipinski definition) is 2. The van der Waals surface area contributed by atoms with Crippen molar-refractivity contribution in [1.29, 1.82) is 0 Å². The maximum absolute atomic E-state index is 12.6. The molecule has 0 unspecified atom stereocenters. The molecule has 0 radical (unpaired) electrons. The predicted octanol–water partition coefficient (Wildman–Crippen LogP) is 2.76. The lowest BCUT2D eigenvalue weighted by Gasteiger charge is -2.11. The molecule has 2 aromatic heterocycles. The van der Waals surface area contributed by atoms with Crippen LogP contribution in [0.3, 0.4) is 0 Å².